The molecule has 7 heteroatoms. The van der Waals surface area contributed by atoms with E-state index in [1.54, 1.807) is 30.1 Å². The van der Waals surface area contributed by atoms with Gasteiger partial charge in [0.05, 0.1) is 23.2 Å². The molecule has 158 valence electrons. The molecule has 0 amide bonds. The molecule has 1 aromatic carbocycles. The van der Waals surface area contributed by atoms with Crippen molar-refractivity contribution < 1.29 is 9.53 Å². The van der Waals surface area contributed by atoms with Gasteiger partial charge in [0.25, 0.3) is 0 Å². The van der Waals surface area contributed by atoms with E-state index in [1.165, 1.54) is 11.3 Å². The maximum atomic E-state index is 13.8. The van der Waals surface area contributed by atoms with E-state index < -0.39 is 5.60 Å². The number of ether oxygens (including phenoxy) is 1. The number of nitrogens with one attached hydrogen (secondary N) is 1. The Balaban J connectivity index is 1.82. The van der Waals surface area contributed by atoms with Crippen molar-refractivity contribution in [1.82, 2.24) is 15.3 Å². The third kappa shape index (κ3) is 3.85. The fraction of sp³-hybridized carbons (Fsp3) is 0.333. The molecule has 4 atom stereocenters. The van der Waals surface area contributed by atoms with E-state index in [0.717, 1.165) is 5.56 Å². The van der Waals surface area contributed by atoms with Gasteiger partial charge in [-0.15, -0.1) is 11.3 Å². The Morgan fingerprint density at radius 2 is 2.03 bits per heavy atom. The summed E-state index contributed by atoms with van der Waals surface area (Å²) in [7, 11) is 0. The second-order valence-electron chi connectivity index (χ2n) is 7.99. The molecular weight excluding hydrogens is 408 g/mol. The van der Waals surface area contributed by atoms with Crippen molar-refractivity contribution >= 4 is 17.1 Å². The lowest BCUT2D eigenvalue weighted by molar-refractivity contribution is -0.00216. The summed E-state index contributed by atoms with van der Waals surface area (Å²) in [6.45, 7) is 5.89. The van der Waals surface area contributed by atoms with E-state index in [-0.39, 0.29) is 23.8 Å². The van der Waals surface area contributed by atoms with Crippen LogP contribution in [0.1, 0.15) is 53.4 Å². The van der Waals surface area contributed by atoms with Crippen molar-refractivity contribution in [1.29, 1.82) is 5.26 Å². The summed E-state index contributed by atoms with van der Waals surface area (Å²) in [5.74, 6) is 0.183. The highest BCUT2D eigenvalue weighted by Crippen LogP contribution is 2.41. The second kappa shape index (κ2) is 8.58. The maximum absolute atomic E-state index is 13.8. The van der Waals surface area contributed by atoms with Crippen LogP contribution in [0.4, 0.5) is 0 Å². The molecule has 6 nitrogen and oxygen atoms in total. The molecule has 1 aliphatic heterocycles. The van der Waals surface area contributed by atoms with E-state index in [2.05, 4.69) is 40.4 Å². The average molecular weight is 433 g/mol. The van der Waals surface area contributed by atoms with Gasteiger partial charge in [-0.2, -0.15) is 5.26 Å². The van der Waals surface area contributed by atoms with Crippen LogP contribution in [0.3, 0.4) is 0 Å². The normalized spacial score (nSPS) is 25.5. The largest absolute Gasteiger partial charge is 0.461 e. The summed E-state index contributed by atoms with van der Waals surface area (Å²) in [4.78, 5) is 22.5. The van der Waals surface area contributed by atoms with Crippen LogP contribution in [0.25, 0.3) is 0 Å². The zero-order valence-electron chi connectivity index (χ0n) is 17.7. The van der Waals surface area contributed by atoms with Crippen LogP contribution in [-0.2, 0) is 0 Å². The lowest BCUT2D eigenvalue weighted by Crippen LogP contribution is -2.65. The number of thiazole rings is 1. The molecule has 1 saturated heterocycles. The summed E-state index contributed by atoms with van der Waals surface area (Å²) in [5, 5.41) is 14.7. The van der Waals surface area contributed by atoms with Crippen LogP contribution >= 0.6 is 11.3 Å². The van der Waals surface area contributed by atoms with Crippen molar-refractivity contribution in [3.05, 3.63) is 75.9 Å². The predicted molar refractivity (Wildman–Crippen MR) is 119 cm³/mol. The Kier molecular flexibility index (Phi) is 5.86. The van der Waals surface area contributed by atoms with Gasteiger partial charge in [0, 0.05) is 35.5 Å². The SMILES string of the molecule is Cc1c(C#N)ccnc1O[C@]1(C(=O)c2cscn2)CC(c2ccccc2)[C@@H](C)NC1C. The molecule has 1 aliphatic rings. The van der Waals surface area contributed by atoms with Crippen LogP contribution in [0, 0.1) is 18.3 Å². The number of hydrogen-bond donors (Lipinski definition) is 1. The standard InChI is InChI=1S/C24H24N4O2S/c1-15-19(12-25)9-10-26-23(15)30-24(22(29)21-13-31-14-27-21)11-20(16(2)28-17(24)3)18-7-5-4-6-8-18/h4-10,13-14,16-17,20,28H,11H2,1-3H3/t16-,17?,20?,24-/m1/s1. The topological polar surface area (TPSA) is 87.9 Å². The predicted octanol–water partition coefficient (Wildman–Crippen LogP) is 4.27. The highest BCUT2D eigenvalue weighted by Gasteiger charge is 2.53. The molecule has 0 saturated carbocycles. The Morgan fingerprint density at radius 1 is 1.26 bits per heavy atom. The quantitative estimate of drug-likeness (QED) is 0.606. The Bertz CT molecular complexity index is 1110. The van der Waals surface area contributed by atoms with E-state index in [9.17, 15) is 10.1 Å². The number of carbonyl (C=O) groups is 1. The van der Waals surface area contributed by atoms with Crippen LogP contribution in [0.5, 0.6) is 5.88 Å². The molecular formula is C24H24N4O2S. The first kappa shape index (κ1) is 21.2. The van der Waals surface area contributed by atoms with Crippen LogP contribution in [-0.4, -0.2) is 33.4 Å². The first-order valence-corrected chi connectivity index (χ1v) is 11.2. The number of nitriles is 1. The van der Waals surface area contributed by atoms with Gasteiger partial charge in [0.1, 0.15) is 5.69 Å². The van der Waals surface area contributed by atoms with Crippen molar-refractivity contribution in [3.8, 4) is 11.9 Å². The van der Waals surface area contributed by atoms with Crippen molar-refractivity contribution in [2.75, 3.05) is 0 Å². The lowest BCUT2D eigenvalue weighted by Gasteiger charge is -2.47. The van der Waals surface area contributed by atoms with Gasteiger partial charge in [-0.25, -0.2) is 9.97 Å². The molecule has 2 aromatic heterocycles. The summed E-state index contributed by atoms with van der Waals surface area (Å²) in [6.07, 6.45) is 2.01. The van der Waals surface area contributed by atoms with Gasteiger partial charge in [0.15, 0.2) is 5.60 Å². The second-order valence-corrected chi connectivity index (χ2v) is 8.71. The molecule has 1 N–H and O–H groups in total. The third-order valence-corrected chi connectivity index (χ3v) is 6.76. The van der Waals surface area contributed by atoms with Gasteiger partial charge in [-0.3, -0.25) is 4.79 Å². The zero-order chi connectivity index (χ0) is 22.0. The number of Topliss-reactive ketones (excluding diaryl/α,β-unsaturated/α-hetero) is 1. The number of ketones is 1. The molecule has 0 bridgehead atoms. The summed E-state index contributed by atoms with van der Waals surface area (Å²) < 4.78 is 6.50. The number of hydrogen-bond acceptors (Lipinski definition) is 7. The minimum absolute atomic E-state index is 0.0550. The maximum Gasteiger partial charge on any atom is 0.227 e. The molecule has 31 heavy (non-hydrogen) atoms. The number of rotatable bonds is 5. The first-order valence-electron chi connectivity index (χ1n) is 10.2. The minimum atomic E-state index is -1.22. The van der Waals surface area contributed by atoms with Gasteiger partial charge in [0.2, 0.25) is 11.7 Å². The van der Waals surface area contributed by atoms with Gasteiger partial charge >= 0.3 is 0 Å². The summed E-state index contributed by atoms with van der Waals surface area (Å²) >= 11 is 1.38. The first-order chi connectivity index (χ1) is 15.0. The summed E-state index contributed by atoms with van der Waals surface area (Å²) in [5.41, 5.74) is 3.06. The lowest BCUT2D eigenvalue weighted by atomic mass is 9.72. The van der Waals surface area contributed by atoms with Crippen molar-refractivity contribution in [2.45, 2.75) is 50.8 Å². The zero-order valence-corrected chi connectivity index (χ0v) is 18.5. The molecule has 3 heterocycles. The van der Waals surface area contributed by atoms with E-state index in [1.807, 2.05) is 25.1 Å². The van der Waals surface area contributed by atoms with Crippen molar-refractivity contribution in [3.63, 3.8) is 0 Å². The molecule has 0 spiro atoms. The molecule has 1 fully saturated rings. The monoisotopic (exact) mass is 432 g/mol. The Morgan fingerprint density at radius 3 is 2.71 bits per heavy atom. The van der Waals surface area contributed by atoms with E-state index in [4.69, 9.17) is 4.74 Å². The number of benzene rings is 1. The van der Waals surface area contributed by atoms with Crippen LogP contribution in [0.2, 0.25) is 0 Å². The van der Waals surface area contributed by atoms with Gasteiger partial charge in [-0.05, 0) is 32.4 Å². The van der Waals surface area contributed by atoms with Gasteiger partial charge in [-0.1, -0.05) is 30.3 Å². The van der Waals surface area contributed by atoms with E-state index >= 15 is 0 Å². The molecule has 2 unspecified atom stereocenters. The fourth-order valence-electron chi connectivity index (χ4n) is 4.35. The number of nitrogens with zero attached hydrogens (tertiary/aromatic N) is 3. The number of carbonyl (C=O) groups excluding carboxylic acids is 1. The van der Waals surface area contributed by atoms with Crippen LogP contribution in [0.15, 0.2) is 53.5 Å². The Hall–Kier alpha value is -3.08. The number of pyridine rings is 1. The fourth-order valence-corrected chi connectivity index (χ4v) is 4.88. The summed E-state index contributed by atoms with van der Waals surface area (Å²) in [6, 6.07) is 13.8. The highest BCUT2D eigenvalue weighted by molar-refractivity contribution is 7.07. The molecule has 3 aromatic rings. The smallest absolute Gasteiger partial charge is 0.227 e. The van der Waals surface area contributed by atoms with Crippen LogP contribution < -0.4 is 10.1 Å². The minimum Gasteiger partial charge on any atom is -0.461 e. The third-order valence-electron chi connectivity index (χ3n) is 6.17. The molecule has 0 radical (unpaired) electrons. The molecule has 0 aliphatic carbocycles. The Labute approximate surface area is 185 Å². The molecule has 4 rings (SSSR count). The van der Waals surface area contributed by atoms with E-state index in [0.29, 0.717) is 29.1 Å². The average Bonchev–Trinajstić information content (AvgIpc) is 3.32. The highest BCUT2D eigenvalue weighted by atomic mass is 32.1. The number of piperidine rings is 1. The number of aromatic nitrogens is 2. The van der Waals surface area contributed by atoms with Crippen molar-refractivity contribution in [2.24, 2.45) is 0 Å². The van der Waals surface area contributed by atoms with Gasteiger partial charge < -0.3 is 10.1 Å².